The molecule has 0 bridgehead atoms. The van der Waals surface area contributed by atoms with Crippen molar-refractivity contribution in [3.05, 3.63) is 46.7 Å². The van der Waals surface area contributed by atoms with Crippen LogP contribution in [0, 0.1) is 11.3 Å². The van der Waals surface area contributed by atoms with Crippen LogP contribution in [0.1, 0.15) is 27.7 Å². The zero-order chi connectivity index (χ0) is 13.6. The summed E-state index contributed by atoms with van der Waals surface area (Å²) in [7, 11) is 0. The summed E-state index contributed by atoms with van der Waals surface area (Å²) in [6, 6.07) is 0. The SMILES string of the molecule is CC(C)C1=CN2C(=NC1)SC1=C2C=CC(C)(C)C=C1. The fourth-order valence-electron chi connectivity index (χ4n) is 2.27. The Labute approximate surface area is 119 Å². The smallest absolute Gasteiger partial charge is 0.173 e. The number of fused-ring (bicyclic) bond motifs is 2. The van der Waals surface area contributed by atoms with Gasteiger partial charge < -0.3 is 0 Å². The van der Waals surface area contributed by atoms with Crippen LogP contribution in [0.4, 0.5) is 0 Å². The largest absolute Gasteiger partial charge is 0.295 e. The van der Waals surface area contributed by atoms with Crippen molar-refractivity contribution in [3.8, 4) is 0 Å². The molecule has 0 amide bonds. The molecule has 0 radical (unpaired) electrons. The van der Waals surface area contributed by atoms with Crippen LogP contribution in [-0.2, 0) is 0 Å². The molecule has 0 atom stereocenters. The molecule has 1 aliphatic carbocycles. The van der Waals surface area contributed by atoms with Crippen LogP contribution >= 0.6 is 11.8 Å². The fraction of sp³-hybridized carbons (Fsp3) is 0.438. The average molecular weight is 272 g/mol. The van der Waals surface area contributed by atoms with Crippen LogP contribution in [0.3, 0.4) is 0 Å². The molecule has 0 aromatic carbocycles. The van der Waals surface area contributed by atoms with Crippen LogP contribution in [0.25, 0.3) is 0 Å². The van der Waals surface area contributed by atoms with E-state index in [4.69, 9.17) is 4.99 Å². The summed E-state index contributed by atoms with van der Waals surface area (Å²) in [6.45, 7) is 9.77. The molecule has 2 nitrogen and oxygen atoms in total. The highest BCUT2D eigenvalue weighted by atomic mass is 32.2. The van der Waals surface area contributed by atoms with E-state index in [1.165, 1.54) is 16.2 Å². The Balaban J connectivity index is 1.98. The lowest BCUT2D eigenvalue weighted by molar-refractivity contribution is 0.620. The normalized spacial score (nSPS) is 24.2. The molecule has 19 heavy (non-hydrogen) atoms. The van der Waals surface area contributed by atoms with E-state index < -0.39 is 0 Å². The molecule has 0 spiro atoms. The molecule has 0 aromatic rings. The molecule has 2 heterocycles. The zero-order valence-corrected chi connectivity index (χ0v) is 12.8. The average Bonchev–Trinajstić information content (AvgIpc) is 2.63. The first-order chi connectivity index (χ1) is 8.96. The number of nitrogens with zero attached hydrogens (tertiary/aromatic N) is 2. The van der Waals surface area contributed by atoms with E-state index in [-0.39, 0.29) is 5.41 Å². The number of allylic oxidation sites excluding steroid dienone is 4. The van der Waals surface area contributed by atoms with Gasteiger partial charge in [0, 0.05) is 16.5 Å². The Morgan fingerprint density at radius 1 is 1.26 bits per heavy atom. The topological polar surface area (TPSA) is 15.6 Å². The van der Waals surface area contributed by atoms with E-state index in [1.807, 2.05) is 0 Å². The van der Waals surface area contributed by atoms with Crippen molar-refractivity contribution in [2.24, 2.45) is 16.3 Å². The monoisotopic (exact) mass is 272 g/mol. The van der Waals surface area contributed by atoms with Crippen molar-refractivity contribution in [1.29, 1.82) is 0 Å². The van der Waals surface area contributed by atoms with Crippen LogP contribution in [-0.4, -0.2) is 16.6 Å². The summed E-state index contributed by atoms with van der Waals surface area (Å²) in [6.07, 6.45) is 11.3. The van der Waals surface area contributed by atoms with Crippen molar-refractivity contribution in [2.75, 3.05) is 6.54 Å². The predicted molar refractivity (Wildman–Crippen MR) is 83.7 cm³/mol. The second kappa shape index (κ2) is 4.41. The van der Waals surface area contributed by atoms with Gasteiger partial charge in [-0.2, -0.15) is 0 Å². The summed E-state index contributed by atoms with van der Waals surface area (Å²) in [5, 5.41) is 1.11. The molecule has 0 aromatic heterocycles. The van der Waals surface area contributed by atoms with Gasteiger partial charge in [0.15, 0.2) is 5.17 Å². The molecule has 0 fully saturated rings. The molecule has 3 rings (SSSR count). The number of rotatable bonds is 1. The van der Waals surface area contributed by atoms with Gasteiger partial charge >= 0.3 is 0 Å². The van der Waals surface area contributed by atoms with Gasteiger partial charge in [-0.05, 0) is 35.4 Å². The van der Waals surface area contributed by atoms with Gasteiger partial charge in [-0.15, -0.1) is 0 Å². The van der Waals surface area contributed by atoms with Crippen LogP contribution in [0.15, 0.2) is 51.7 Å². The van der Waals surface area contributed by atoms with E-state index in [9.17, 15) is 0 Å². The quantitative estimate of drug-likeness (QED) is 0.707. The minimum atomic E-state index is 0.128. The Kier molecular flexibility index (Phi) is 2.97. The predicted octanol–water partition coefficient (Wildman–Crippen LogP) is 4.31. The Hall–Kier alpha value is -1.22. The van der Waals surface area contributed by atoms with Gasteiger partial charge in [0.05, 0.1) is 12.2 Å². The lowest BCUT2D eigenvalue weighted by Crippen LogP contribution is -2.23. The molecule has 0 unspecified atom stereocenters. The first-order valence-corrected chi connectivity index (χ1v) is 7.63. The first kappa shape index (κ1) is 12.8. The third-order valence-electron chi connectivity index (χ3n) is 3.69. The van der Waals surface area contributed by atoms with Crippen molar-refractivity contribution in [2.45, 2.75) is 27.7 Å². The van der Waals surface area contributed by atoms with Gasteiger partial charge in [-0.1, -0.05) is 39.8 Å². The Morgan fingerprint density at radius 2 is 2.00 bits per heavy atom. The number of amidine groups is 1. The van der Waals surface area contributed by atoms with Crippen molar-refractivity contribution >= 4 is 16.9 Å². The van der Waals surface area contributed by atoms with Gasteiger partial charge in [0.25, 0.3) is 0 Å². The molecular weight excluding hydrogens is 252 g/mol. The maximum Gasteiger partial charge on any atom is 0.173 e. The Morgan fingerprint density at radius 3 is 2.74 bits per heavy atom. The van der Waals surface area contributed by atoms with Crippen LogP contribution in [0.5, 0.6) is 0 Å². The molecule has 3 aliphatic rings. The Bertz CT molecular complexity index is 559. The second-order valence-corrected chi connectivity index (χ2v) is 7.18. The summed E-state index contributed by atoms with van der Waals surface area (Å²) >= 11 is 1.78. The number of hydrogen-bond acceptors (Lipinski definition) is 3. The summed E-state index contributed by atoms with van der Waals surface area (Å²) in [5.74, 6) is 0.557. The van der Waals surface area contributed by atoms with E-state index in [0.717, 1.165) is 11.7 Å². The lowest BCUT2D eigenvalue weighted by Gasteiger charge is -2.24. The summed E-state index contributed by atoms with van der Waals surface area (Å²) < 4.78 is 0. The van der Waals surface area contributed by atoms with Gasteiger partial charge in [0.1, 0.15) is 0 Å². The minimum Gasteiger partial charge on any atom is -0.295 e. The van der Waals surface area contributed by atoms with E-state index >= 15 is 0 Å². The number of thioether (sulfide) groups is 1. The van der Waals surface area contributed by atoms with E-state index in [2.05, 4.69) is 63.1 Å². The van der Waals surface area contributed by atoms with E-state index in [0.29, 0.717) is 5.92 Å². The van der Waals surface area contributed by atoms with E-state index in [1.54, 1.807) is 11.8 Å². The highest BCUT2D eigenvalue weighted by Gasteiger charge is 2.30. The van der Waals surface area contributed by atoms with Gasteiger partial charge in [-0.25, -0.2) is 0 Å². The van der Waals surface area contributed by atoms with Crippen LogP contribution < -0.4 is 0 Å². The molecule has 0 N–H and O–H groups in total. The molecule has 2 aliphatic heterocycles. The minimum absolute atomic E-state index is 0.128. The third-order valence-corrected chi connectivity index (χ3v) is 4.76. The first-order valence-electron chi connectivity index (χ1n) is 6.81. The lowest BCUT2D eigenvalue weighted by atomic mass is 9.93. The third kappa shape index (κ3) is 2.32. The molecular formula is C16H20N2S. The second-order valence-electron chi connectivity index (χ2n) is 6.17. The van der Waals surface area contributed by atoms with Crippen molar-refractivity contribution < 1.29 is 0 Å². The standard InChI is InChI=1S/C16H20N2S/c1-11(2)12-9-17-15-18(10-12)13-5-7-16(3,4)8-6-14(13)19-15/h5-8,10-11H,9H2,1-4H3. The maximum atomic E-state index is 4.71. The summed E-state index contributed by atoms with van der Waals surface area (Å²) in [5.41, 5.74) is 2.80. The fourth-order valence-corrected chi connectivity index (χ4v) is 3.26. The molecule has 100 valence electrons. The summed E-state index contributed by atoms with van der Waals surface area (Å²) in [4.78, 5) is 8.27. The number of aliphatic imine (C=N–C) groups is 1. The van der Waals surface area contributed by atoms with Gasteiger partial charge in [-0.3, -0.25) is 9.89 Å². The van der Waals surface area contributed by atoms with Crippen molar-refractivity contribution in [1.82, 2.24) is 4.90 Å². The molecule has 0 saturated heterocycles. The van der Waals surface area contributed by atoms with Crippen LogP contribution in [0.2, 0.25) is 0 Å². The van der Waals surface area contributed by atoms with Gasteiger partial charge in [0.2, 0.25) is 0 Å². The molecule has 0 saturated carbocycles. The maximum absolute atomic E-state index is 4.71. The van der Waals surface area contributed by atoms with Crippen molar-refractivity contribution in [3.63, 3.8) is 0 Å². The molecule has 3 heteroatoms. The number of hydrogen-bond donors (Lipinski definition) is 0. The highest BCUT2D eigenvalue weighted by molar-refractivity contribution is 8.17. The zero-order valence-electron chi connectivity index (χ0n) is 12.0. The highest BCUT2D eigenvalue weighted by Crippen LogP contribution is 2.41.